The van der Waals surface area contributed by atoms with Crippen LogP contribution in [0.3, 0.4) is 0 Å². The molecular weight excluding hydrogens is 520 g/mol. The minimum Gasteiger partial charge on any atom is -0.481 e. The number of amides is 4. The van der Waals surface area contributed by atoms with Crippen molar-refractivity contribution in [2.24, 2.45) is 5.92 Å². The molecule has 2 aromatic carbocycles. The van der Waals surface area contributed by atoms with E-state index in [2.05, 4.69) is 21.5 Å². The van der Waals surface area contributed by atoms with Crippen LogP contribution in [0.5, 0.6) is 0 Å². The number of hydrazine groups is 1. The summed E-state index contributed by atoms with van der Waals surface area (Å²) in [4.78, 5) is 61.6. The highest BCUT2D eigenvalue weighted by atomic mass is 16.6. The van der Waals surface area contributed by atoms with Gasteiger partial charge in [-0.1, -0.05) is 74.5 Å². The van der Waals surface area contributed by atoms with Crippen LogP contribution in [0.25, 0.3) is 0 Å². The zero-order valence-electron chi connectivity index (χ0n) is 22.3. The summed E-state index contributed by atoms with van der Waals surface area (Å²) in [5.74, 6) is -4.09. The van der Waals surface area contributed by atoms with E-state index in [0.29, 0.717) is 6.42 Å². The fourth-order valence-electron chi connectivity index (χ4n) is 3.90. The average molecular weight is 555 g/mol. The number of epoxide rings is 1. The number of carbonyl (C=O) groups is 5. The van der Waals surface area contributed by atoms with Gasteiger partial charge in [0.15, 0.2) is 6.10 Å². The van der Waals surface area contributed by atoms with Gasteiger partial charge in [-0.2, -0.15) is 0 Å². The molecule has 12 nitrogen and oxygen atoms in total. The number of benzene rings is 2. The lowest BCUT2D eigenvalue weighted by atomic mass is 10.0. The molecule has 1 aliphatic heterocycles. The van der Waals surface area contributed by atoms with Gasteiger partial charge < -0.3 is 25.2 Å². The summed E-state index contributed by atoms with van der Waals surface area (Å²) in [5, 5.41) is 14.0. The van der Waals surface area contributed by atoms with Gasteiger partial charge in [0.1, 0.15) is 18.7 Å². The molecule has 0 radical (unpaired) electrons. The summed E-state index contributed by atoms with van der Waals surface area (Å²) in [7, 11) is 0. The molecule has 1 saturated heterocycles. The number of aryl methyl sites for hydroxylation is 1. The number of aliphatic carboxylic acids is 1. The van der Waals surface area contributed by atoms with Crippen molar-refractivity contribution in [2.75, 3.05) is 0 Å². The summed E-state index contributed by atoms with van der Waals surface area (Å²) >= 11 is 0. The van der Waals surface area contributed by atoms with Crippen molar-refractivity contribution in [1.82, 2.24) is 21.5 Å². The number of carbonyl (C=O) groups excluding carboxylic acids is 4. The SMILES string of the molecule is CC(C)[C@H](NC(=O)OCc1ccccc1)C(=O)N[C@@H](CC(=O)O)C(=O)NNC(=O)C1OC1CCc1ccccc1. The molecule has 0 saturated carbocycles. The highest BCUT2D eigenvalue weighted by Gasteiger charge is 2.44. The molecule has 0 bridgehead atoms. The number of hydrogen-bond donors (Lipinski definition) is 5. The van der Waals surface area contributed by atoms with Gasteiger partial charge in [0, 0.05) is 0 Å². The number of rotatable bonds is 13. The second-order valence-electron chi connectivity index (χ2n) is 9.68. The monoisotopic (exact) mass is 554 g/mol. The molecular formula is C28H34N4O8. The van der Waals surface area contributed by atoms with E-state index in [1.54, 1.807) is 38.1 Å². The highest BCUT2D eigenvalue weighted by molar-refractivity contribution is 5.94. The summed E-state index contributed by atoms with van der Waals surface area (Å²) in [6.07, 6.45) is -1.31. The van der Waals surface area contributed by atoms with Crippen molar-refractivity contribution in [3.63, 3.8) is 0 Å². The van der Waals surface area contributed by atoms with Crippen LogP contribution < -0.4 is 21.5 Å². The van der Waals surface area contributed by atoms with Gasteiger partial charge in [-0.05, 0) is 29.9 Å². The number of carboxylic acid groups (broad SMARTS) is 1. The molecule has 4 amide bonds. The maximum Gasteiger partial charge on any atom is 0.408 e. The summed E-state index contributed by atoms with van der Waals surface area (Å²) in [6, 6.07) is 16.0. The molecule has 3 rings (SSSR count). The third-order valence-electron chi connectivity index (χ3n) is 6.16. The van der Waals surface area contributed by atoms with Gasteiger partial charge in [-0.15, -0.1) is 0 Å². The Morgan fingerprint density at radius 1 is 0.875 bits per heavy atom. The average Bonchev–Trinajstić information content (AvgIpc) is 3.72. The van der Waals surface area contributed by atoms with Crippen LogP contribution in [0.15, 0.2) is 60.7 Å². The largest absolute Gasteiger partial charge is 0.481 e. The Hall–Kier alpha value is -4.45. The molecule has 2 unspecified atom stereocenters. The second kappa shape index (κ2) is 14.6. The molecule has 0 aliphatic carbocycles. The van der Waals surface area contributed by atoms with Crippen LogP contribution in [0.2, 0.25) is 0 Å². The molecule has 0 aromatic heterocycles. The molecule has 0 spiro atoms. The van der Waals surface area contributed by atoms with Crippen molar-refractivity contribution in [1.29, 1.82) is 0 Å². The quantitative estimate of drug-likeness (QED) is 0.183. The molecule has 5 N–H and O–H groups in total. The third-order valence-corrected chi connectivity index (χ3v) is 6.16. The minimum atomic E-state index is -1.53. The molecule has 1 fully saturated rings. The number of carboxylic acids is 1. The summed E-state index contributed by atoms with van der Waals surface area (Å²) in [5.41, 5.74) is 6.23. The molecule has 1 heterocycles. The van der Waals surface area contributed by atoms with E-state index in [1.807, 2.05) is 36.4 Å². The van der Waals surface area contributed by atoms with Crippen molar-refractivity contribution in [3.05, 3.63) is 71.8 Å². The van der Waals surface area contributed by atoms with E-state index in [0.717, 1.165) is 17.5 Å². The lowest BCUT2D eigenvalue weighted by molar-refractivity contribution is -0.141. The van der Waals surface area contributed by atoms with E-state index in [9.17, 15) is 29.1 Å². The van der Waals surface area contributed by atoms with Gasteiger partial charge in [0.2, 0.25) is 5.91 Å². The Morgan fingerprint density at radius 2 is 1.50 bits per heavy atom. The summed E-state index contributed by atoms with van der Waals surface area (Å²) in [6.45, 7) is 3.32. The van der Waals surface area contributed by atoms with E-state index in [4.69, 9.17) is 9.47 Å². The van der Waals surface area contributed by atoms with Crippen molar-refractivity contribution in [3.8, 4) is 0 Å². The Labute approximate surface area is 231 Å². The highest BCUT2D eigenvalue weighted by Crippen LogP contribution is 2.26. The first kappa shape index (κ1) is 30.1. The van der Waals surface area contributed by atoms with E-state index >= 15 is 0 Å². The number of ether oxygens (including phenoxy) is 2. The van der Waals surface area contributed by atoms with Crippen LogP contribution in [-0.2, 0) is 41.7 Å². The van der Waals surface area contributed by atoms with Crippen LogP contribution in [0, 0.1) is 5.92 Å². The molecule has 40 heavy (non-hydrogen) atoms. The lowest BCUT2D eigenvalue weighted by Gasteiger charge is -2.24. The first-order valence-corrected chi connectivity index (χ1v) is 12.9. The zero-order valence-corrected chi connectivity index (χ0v) is 22.3. The summed E-state index contributed by atoms with van der Waals surface area (Å²) < 4.78 is 10.5. The maximum atomic E-state index is 12.9. The second-order valence-corrected chi connectivity index (χ2v) is 9.68. The molecule has 4 atom stereocenters. The standard InChI is InChI=1S/C28H34N4O8/c1-17(2)23(30-28(38)39-16-19-11-7-4-8-12-19)26(36)29-20(15-22(33)34)25(35)31-32-27(37)24-21(40-24)14-13-18-9-5-3-6-10-18/h3-12,17,20-21,23-24H,13-16H2,1-2H3,(H,29,36)(H,30,38)(H,31,35)(H,32,37)(H,33,34)/t20-,21?,23-,24?/m0/s1. The Morgan fingerprint density at radius 3 is 2.10 bits per heavy atom. The van der Waals surface area contributed by atoms with Crippen LogP contribution in [0.1, 0.15) is 37.8 Å². The predicted octanol–water partition coefficient (Wildman–Crippen LogP) is 1.44. The van der Waals surface area contributed by atoms with Crippen molar-refractivity contribution >= 4 is 29.8 Å². The molecule has 1 aliphatic rings. The predicted molar refractivity (Wildman–Crippen MR) is 142 cm³/mol. The van der Waals surface area contributed by atoms with Crippen LogP contribution >= 0.6 is 0 Å². The number of alkyl carbamates (subject to hydrolysis) is 1. The van der Waals surface area contributed by atoms with Crippen LogP contribution in [-0.4, -0.2) is 59.2 Å². The molecule has 2 aromatic rings. The van der Waals surface area contributed by atoms with E-state index < -0.39 is 60.3 Å². The maximum absolute atomic E-state index is 12.9. The fraction of sp³-hybridized carbons (Fsp3) is 0.393. The van der Waals surface area contributed by atoms with Gasteiger partial charge >= 0.3 is 12.1 Å². The van der Waals surface area contributed by atoms with E-state index in [-0.39, 0.29) is 12.7 Å². The Kier molecular flexibility index (Phi) is 11.0. The smallest absolute Gasteiger partial charge is 0.408 e. The number of hydrogen-bond acceptors (Lipinski definition) is 7. The Bertz CT molecular complexity index is 1180. The number of nitrogens with one attached hydrogen (secondary N) is 4. The lowest BCUT2D eigenvalue weighted by Crippen LogP contribution is -2.58. The van der Waals surface area contributed by atoms with Gasteiger partial charge in [-0.3, -0.25) is 30.0 Å². The first-order valence-electron chi connectivity index (χ1n) is 12.9. The van der Waals surface area contributed by atoms with Gasteiger partial charge in [0.25, 0.3) is 11.8 Å². The zero-order chi connectivity index (χ0) is 29.1. The van der Waals surface area contributed by atoms with E-state index in [1.165, 1.54) is 0 Å². The Balaban J connectivity index is 1.48. The topological polar surface area (TPSA) is 175 Å². The molecule has 214 valence electrons. The molecule has 12 heteroatoms. The minimum absolute atomic E-state index is 0.0132. The van der Waals surface area contributed by atoms with Gasteiger partial charge in [0.05, 0.1) is 12.5 Å². The van der Waals surface area contributed by atoms with Crippen molar-refractivity contribution < 1.29 is 38.6 Å². The first-order chi connectivity index (χ1) is 19.1. The van der Waals surface area contributed by atoms with Gasteiger partial charge in [-0.25, -0.2) is 4.79 Å². The third kappa shape index (κ3) is 9.70. The van der Waals surface area contributed by atoms with Crippen molar-refractivity contribution in [2.45, 2.75) is 64.0 Å². The fourth-order valence-corrected chi connectivity index (χ4v) is 3.90. The normalized spacial score (nSPS) is 17.2. The van der Waals surface area contributed by atoms with Crippen LogP contribution in [0.4, 0.5) is 4.79 Å².